The standard InChI is InChI=1S/C15H29N3O2/c1-4-18(5-2)15(20)8-6-7-14(19)17-13-11-16-10-9-12(13)3/h12-13,16H,4-11H2,1-3H3,(H,17,19). The summed E-state index contributed by atoms with van der Waals surface area (Å²) in [7, 11) is 0. The minimum Gasteiger partial charge on any atom is -0.352 e. The molecule has 2 atom stereocenters. The Balaban J connectivity index is 2.21. The predicted octanol–water partition coefficient (Wildman–Crippen LogP) is 1.14. The third-order valence-corrected chi connectivity index (χ3v) is 4.08. The molecule has 5 nitrogen and oxygen atoms in total. The van der Waals surface area contributed by atoms with E-state index >= 15 is 0 Å². The molecule has 20 heavy (non-hydrogen) atoms. The maximum Gasteiger partial charge on any atom is 0.222 e. The monoisotopic (exact) mass is 283 g/mol. The third-order valence-electron chi connectivity index (χ3n) is 4.08. The van der Waals surface area contributed by atoms with Crippen molar-refractivity contribution in [1.82, 2.24) is 15.5 Å². The maximum atomic E-state index is 11.9. The molecule has 2 N–H and O–H groups in total. The highest BCUT2D eigenvalue weighted by Crippen LogP contribution is 2.11. The van der Waals surface area contributed by atoms with Crippen molar-refractivity contribution >= 4 is 11.8 Å². The molecule has 0 aromatic heterocycles. The van der Waals surface area contributed by atoms with Crippen molar-refractivity contribution in [3.8, 4) is 0 Å². The molecule has 2 amide bonds. The van der Waals surface area contributed by atoms with Crippen LogP contribution in [-0.4, -0.2) is 48.9 Å². The number of nitrogens with one attached hydrogen (secondary N) is 2. The van der Waals surface area contributed by atoms with E-state index in [1.54, 1.807) is 0 Å². The van der Waals surface area contributed by atoms with Crippen LogP contribution in [-0.2, 0) is 9.59 Å². The zero-order chi connectivity index (χ0) is 15.0. The van der Waals surface area contributed by atoms with Crippen LogP contribution < -0.4 is 10.6 Å². The van der Waals surface area contributed by atoms with Gasteiger partial charge in [-0.2, -0.15) is 0 Å². The SMILES string of the molecule is CCN(CC)C(=O)CCCC(=O)NC1CNCCC1C. The number of piperidine rings is 1. The first-order chi connectivity index (χ1) is 9.58. The molecule has 1 aliphatic rings. The number of hydrogen-bond acceptors (Lipinski definition) is 3. The van der Waals surface area contributed by atoms with Crippen molar-refractivity contribution in [3.63, 3.8) is 0 Å². The van der Waals surface area contributed by atoms with Crippen molar-refractivity contribution in [2.24, 2.45) is 5.92 Å². The molecule has 2 unspecified atom stereocenters. The number of rotatable bonds is 7. The van der Waals surface area contributed by atoms with Crippen LogP contribution in [0.3, 0.4) is 0 Å². The third kappa shape index (κ3) is 5.49. The van der Waals surface area contributed by atoms with Gasteiger partial charge in [-0.1, -0.05) is 6.92 Å². The summed E-state index contributed by atoms with van der Waals surface area (Å²) in [5.41, 5.74) is 0. The average Bonchev–Trinajstić information content (AvgIpc) is 2.43. The molecule has 0 spiro atoms. The molecule has 0 aromatic carbocycles. The maximum absolute atomic E-state index is 11.9. The fraction of sp³-hybridized carbons (Fsp3) is 0.867. The van der Waals surface area contributed by atoms with Crippen molar-refractivity contribution in [1.29, 1.82) is 0 Å². The molecule has 0 aromatic rings. The van der Waals surface area contributed by atoms with Gasteiger partial charge in [0, 0.05) is 38.5 Å². The van der Waals surface area contributed by atoms with Gasteiger partial charge in [-0.05, 0) is 39.2 Å². The van der Waals surface area contributed by atoms with Crippen molar-refractivity contribution < 1.29 is 9.59 Å². The Morgan fingerprint density at radius 1 is 1.25 bits per heavy atom. The first kappa shape index (κ1) is 17.0. The highest BCUT2D eigenvalue weighted by atomic mass is 16.2. The van der Waals surface area contributed by atoms with E-state index in [9.17, 15) is 9.59 Å². The number of hydrogen-bond donors (Lipinski definition) is 2. The lowest BCUT2D eigenvalue weighted by Gasteiger charge is -2.30. The lowest BCUT2D eigenvalue weighted by Crippen LogP contribution is -2.50. The van der Waals surface area contributed by atoms with Gasteiger partial charge in [-0.3, -0.25) is 9.59 Å². The van der Waals surface area contributed by atoms with Crippen LogP contribution in [0.2, 0.25) is 0 Å². The minimum absolute atomic E-state index is 0.0675. The summed E-state index contributed by atoms with van der Waals surface area (Å²) in [6.07, 6.45) is 2.64. The van der Waals surface area contributed by atoms with Crippen molar-refractivity contribution in [3.05, 3.63) is 0 Å². The first-order valence-corrected chi connectivity index (χ1v) is 7.86. The molecule has 1 saturated heterocycles. The summed E-state index contributed by atoms with van der Waals surface area (Å²) in [6.45, 7) is 9.50. The number of carbonyl (C=O) groups is 2. The van der Waals surface area contributed by atoms with E-state index in [2.05, 4.69) is 17.6 Å². The van der Waals surface area contributed by atoms with Gasteiger partial charge in [-0.15, -0.1) is 0 Å². The van der Waals surface area contributed by atoms with Crippen LogP contribution in [0.5, 0.6) is 0 Å². The number of nitrogens with zero attached hydrogens (tertiary/aromatic N) is 1. The largest absolute Gasteiger partial charge is 0.352 e. The summed E-state index contributed by atoms with van der Waals surface area (Å²) >= 11 is 0. The van der Waals surface area contributed by atoms with E-state index in [1.165, 1.54) is 0 Å². The zero-order valence-corrected chi connectivity index (χ0v) is 13.1. The zero-order valence-electron chi connectivity index (χ0n) is 13.1. The van der Waals surface area contributed by atoms with Crippen LogP contribution in [0.4, 0.5) is 0 Å². The summed E-state index contributed by atoms with van der Waals surface area (Å²) in [6, 6.07) is 0.231. The average molecular weight is 283 g/mol. The van der Waals surface area contributed by atoms with Crippen LogP contribution in [0.1, 0.15) is 46.5 Å². The van der Waals surface area contributed by atoms with Crippen molar-refractivity contribution in [2.45, 2.75) is 52.5 Å². The Bertz CT molecular complexity index is 316. The smallest absolute Gasteiger partial charge is 0.222 e. The van der Waals surface area contributed by atoms with Gasteiger partial charge in [0.2, 0.25) is 11.8 Å². The number of carbonyl (C=O) groups excluding carboxylic acids is 2. The Morgan fingerprint density at radius 3 is 2.55 bits per heavy atom. The Kier molecular flexibility index (Phi) is 7.59. The molecule has 1 fully saturated rings. The molecule has 116 valence electrons. The highest BCUT2D eigenvalue weighted by molar-refractivity contribution is 5.79. The molecule has 0 aliphatic carbocycles. The van der Waals surface area contributed by atoms with Gasteiger partial charge in [0.1, 0.15) is 0 Å². The van der Waals surface area contributed by atoms with Gasteiger partial charge >= 0.3 is 0 Å². The fourth-order valence-corrected chi connectivity index (χ4v) is 2.60. The molecule has 5 heteroatoms. The highest BCUT2D eigenvalue weighted by Gasteiger charge is 2.22. The Morgan fingerprint density at radius 2 is 1.95 bits per heavy atom. The van der Waals surface area contributed by atoms with Crippen LogP contribution in [0.15, 0.2) is 0 Å². The van der Waals surface area contributed by atoms with Gasteiger partial charge in [0.15, 0.2) is 0 Å². The van der Waals surface area contributed by atoms with E-state index in [0.717, 1.165) is 32.6 Å². The second kappa shape index (κ2) is 8.95. The molecular weight excluding hydrogens is 254 g/mol. The summed E-state index contributed by atoms with van der Waals surface area (Å²) < 4.78 is 0. The van der Waals surface area contributed by atoms with Gasteiger partial charge in [-0.25, -0.2) is 0 Å². The second-order valence-corrected chi connectivity index (χ2v) is 5.56. The van der Waals surface area contributed by atoms with E-state index in [-0.39, 0.29) is 17.9 Å². The lowest BCUT2D eigenvalue weighted by atomic mass is 9.94. The summed E-state index contributed by atoms with van der Waals surface area (Å²) in [5.74, 6) is 0.742. The number of amides is 2. The molecule has 0 bridgehead atoms. The fourth-order valence-electron chi connectivity index (χ4n) is 2.60. The summed E-state index contributed by atoms with van der Waals surface area (Å²) in [5, 5.41) is 6.37. The van der Waals surface area contributed by atoms with Crippen LogP contribution in [0.25, 0.3) is 0 Å². The molecule has 1 heterocycles. The minimum atomic E-state index is 0.0675. The van der Waals surface area contributed by atoms with E-state index in [4.69, 9.17) is 0 Å². The lowest BCUT2D eigenvalue weighted by molar-refractivity contribution is -0.131. The van der Waals surface area contributed by atoms with Crippen LogP contribution >= 0.6 is 0 Å². The predicted molar refractivity (Wildman–Crippen MR) is 80.4 cm³/mol. The van der Waals surface area contributed by atoms with Gasteiger partial charge in [0.05, 0.1) is 0 Å². The van der Waals surface area contributed by atoms with E-state index in [0.29, 0.717) is 25.2 Å². The molecule has 1 rings (SSSR count). The molecule has 0 radical (unpaired) electrons. The van der Waals surface area contributed by atoms with Crippen LogP contribution in [0, 0.1) is 5.92 Å². The molecular formula is C15H29N3O2. The Hall–Kier alpha value is -1.10. The molecule has 1 aliphatic heterocycles. The van der Waals surface area contributed by atoms with Crippen molar-refractivity contribution in [2.75, 3.05) is 26.2 Å². The van der Waals surface area contributed by atoms with E-state index < -0.39 is 0 Å². The second-order valence-electron chi connectivity index (χ2n) is 5.56. The normalized spacial score (nSPS) is 22.4. The topological polar surface area (TPSA) is 61.4 Å². The van der Waals surface area contributed by atoms with E-state index in [1.807, 2.05) is 18.7 Å². The summed E-state index contributed by atoms with van der Waals surface area (Å²) in [4.78, 5) is 25.5. The van der Waals surface area contributed by atoms with Gasteiger partial charge in [0.25, 0.3) is 0 Å². The Labute approximate surface area is 122 Å². The molecule has 0 saturated carbocycles. The quantitative estimate of drug-likeness (QED) is 0.736. The van der Waals surface area contributed by atoms with Gasteiger partial charge < -0.3 is 15.5 Å². The first-order valence-electron chi connectivity index (χ1n) is 7.86.